The van der Waals surface area contributed by atoms with Gasteiger partial charge in [-0.25, -0.2) is 13.2 Å². The van der Waals surface area contributed by atoms with E-state index in [9.17, 15) is 23.1 Å². The van der Waals surface area contributed by atoms with Crippen LogP contribution in [0.3, 0.4) is 0 Å². The van der Waals surface area contributed by atoms with Crippen LogP contribution in [0.5, 0.6) is 0 Å². The van der Waals surface area contributed by atoms with E-state index in [0.717, 1.165) is 36.1 Å². The number of hydrogen-bond acceptors (Lipinski definition) is 5. The molecular formula is C28H31N3O5S. The van der Waals surface area contributed by atoms with Crippen molar-refractivity contribution < 1.29 is 23.1 Å². The lowest BCUT2D eigenvalue weighted by atomic mass is 9.90. The van der Waals surface area contributed by atoms with Crippen molar-refractivity contribution in [2.24, 2.45) is 5.92 Å². The molecule has 0 saturated carbocycles. The van der Waals surface area contributed by atoms with Gasteiger partial charge in [0.1, 0.15) is 0 Å². The van der Waals surface area contributed by atoms with Gasteiger partial charge in [-0.1, -0.05) is 30.3 Å². The predicted octanol–water partition coefficient (Wildman–Crippen LogP) is 4.09. The minimum atomic E-state index is -3.85. The number of nitrogens with zero attached hydrogens (tertiary/aromatic N) is 2. The first-order chi connectivity index (χ1) is 17.8. The number of hydrogen-bond donors (Lipinski definition) is 2. The summed E-state index contributed by atoms with van der Waals surface area (Å²) in [6, 6.07) is 14.1. The highest BCUT2D eigenvalue weighted by Gasteiger charge is 2.33. The van der Waals surface area contributed by atoms with E-state index >= 15 is 0 Å². The maximum atomic E-state index is 13.5. The molecule has 2 aromatic carbocycles. The van der Waals surface area contributed by atoms with E-state index in [1.54, 1.807) is 6.07 Å². The van der Waals surface area contributed by atoms with E-state index < -0.39 is 16.0 Å². The van der Waals surface area contributed by atoms with E-state index in [-0.39, 0.29) is 41.4 Å². The van der Waals surface area contributed by atoms with E-state index in [0.29, 0.717) is 30.2 Å². The second-order valence-corrected chi connectivity index (χ2v) is 11.9. The molecule has 1 aromatic heterocycles. The smallest absolute Gasteiger partial charge is 0.336 e. The number of sulfonamides is 1. The highest BCUT2D eigenvalue weighted by Crippen LogP contribution is 2.32. The number of fused-ring (bicyclic) bond motifs is 2. The monoisotopic (exact) mass is 521 g/mol. The molecule has 1 aliphatic heterocycles. The highest BCUT2D eigenvalue weighted by molar-refractivity contribution is 7.89. The van der Waals surface area contributed by atoms with Gasteiger partial charge in [0.15, 0.2) is 0 Å². The maximum absolute atomic E-state index is 13.5. The summed E-state index contributed by atoms with van der Waals surface area (Å²) in [5, 5.41) is 13.4. The summed E-state index contributed by atoms with van der Waals surface area (Å²) >= 11 is 0. The minimum absolute atomic E-state index is 0.0562. The zero-order valence-corrected chi connectivity index (χ0v) is 21.6. The molecule has 1 aliphatic carbocycles. The number of piperidine rings is 1. The average molecular weight is 522 g/mol. The fourth-order valence-corrected chi connectivity index (χ4v) is 6.97. The van der Waals surface area contributed by atoms with Gasteiger partial charge in [0, 0.05) is 30.1 Å². The Morgan fingerprint density at radius 3 is 2.46 bits per heavy atom. The Balaban J connectivity index is 1.33. The first-order valence-electron chi connectivity index (χ1n) is 12.8. The van der Waals surface area contributed by atoms with Crippen LogP contribution in [0.15, 0.2) is 53.4 Å². The molecule has 1 fully saturated rings. The average Bonchev–Trinajstić information content (AvgIpc) is 2.91. The van der Waals surface area contributed by atoms with Crippen molar-refractivity contribution in [2.75, 3.05) is 13.1 Å². The molecule has 1 amide bonds. The van der Waals surface area contributed by atoms with Crippen molar-refractivity contribution in [1.29, 1.82) is 0 Å². The quantitative estimate of drug-likeness (QED) is 0.505. The number of carboxylic acids is 1. The van der Waals surface area contributed by atoms with Gasteiger partial charge in [-0.05, 0) is 74.8 Å². The lowest BCUT2D eigenvalue weighted by molar-refractivity contribution is -0.126. The van der Waals surface area contributed by atoms with Crippen LogP contribution in [0.2, 0.25) is 0 Å². The van der Waals surface area contributed by atoms with Gasteiger partial charge in [0.2, 0.25) is 15.9 Å². The number of rotatable bonds is 6. The Hall–Kier alpha value is -3.30. The molecule has 0 radical (unpaired) electrons. The third kappa shape index (κ3) is 4.98. The van der Waals surface area contributed by atoms with Gasteiger partial charge in [0.05, 0.1) is 22.0 Å². The van der Waals surface area contributed by atoms with Crippen LogP contribution >= 0.6 is 0 Å². The number of carboxylic acid groups (broad SMARTS) is 1. The number of carbonyl (C=O) groups is 2. The Labute approximate surface area is 216 Å². The normalized spacial score (nSPS) is 17.8. The van der Waals surface area contributed by atoms with Gasteiger partial charge in [-0.15, -0.1) is 0 Å². The summed E-state index contributed by atoms with van der Waals surface area (Å²) in [7, 11) is -3.85. The van der Waals surface area contributed by atoms with Gasteiger partial charge in [0.25, 0.3) is 0 Å². The number of benzene rings is 2. The molecule has 2 N–H and O–H groups in total. The fourth-order valence-electron chi connectivity index (χ4n) is 5.47. The number of pyridine rings is 1. The van der Waals surface area contributed by atoms with Gasteiger partial charge in [-0.3, -0.25) is 9.78 Å². The molecule has 9 heteroatoms. The number of carbonyl (C=O) groups excluding carboxylic acids is 1. The lowest BCUT2D eigenvalue weighted by Gasteiger charge is -2.31. The van der Waals surface area contributed by atoms with Crippen molar-refractivity contribution in [3.8, 4) is 0 Å². The molecule has 0 bridgehead atoms. The zero-order valence-electron chi connectivity index (χ0n) is 20.8. The molecule has 1 saturated heterocycles. The molecule has 37 heavy (non-hydrogen) atoms. The second-order valence-electron chi connectivity index (χ2n) is 9.92. The fraction of sp³-hybridized carbons (Fsp3) is 0.393. The summed E-state index contributed by atoms with van der Waals surface area (Å²) in [6.45, 7) is 2.39. The first-order valence-corrected chi connectivity index (χ1v) is 14.2. The first kappa shape index (κ1) is 25.4. The van der Waals surface area contributed by atoms with E-state index in [2.05, 4.69) is 10.3 Å². The molecular weight excluding hydrogens is 490 g/mol. The van der Waals surface area contributed by atoms with Gasteiger partial charge >= 0.3 is 5.97 Å². The van der Waals surface area contributed by atoms with Crippen molar-refractivity contribution >= 4 is 32.8 Å². The zero-order chi connectivity index (χ0) is 26.2. The maximum Gasteiger partial charge on any atom is 0.336 e. The molecule has 2 aliphatic rings. The van der Waals surface area contributed by atoms with Gasteiger partial charge in [-0.2, -0.15) is 4.31 Å². The third-order valence-electron chi connectivity index (χ3n) is 7.57. The van der Waals surface area contributed by atoms with Crippen LogP contribution < -0.4 is 5.32 Å². The summed E-state index contributed by atoms with van der Waals surface area (Å²) in [6.07, 6.45) is 4.08. The summed E-state index contributed by atoms with van der Waals surface area (Å²) in [5.41, 5.74) is 3.20. The lowest BCUT2D eigenvalue weighted by Crippen LogP contribution is -2.43. The number of aromatic carboxylic acids is 1. The van der Waals surface area contributed by atoms with Crippen molar-refractivity contribution in [1.82, 2.24) is 14.6 Å². The highest BCUT2D eigenvalue weighted by atomic mass is 32.2. The van der Waals surface area contributed by atoms with Crippen LogP contribution in [0.25, 0.3) is 10.9 Å². The SMILES string of the molecule is C[C@@H](NC(=O)C1CCN(S(=O)(=O)c2ccc3nc4c(c(C(=O)O)c3c2)CCCC4)CC1)c1ccccc1. The molecule has 3 aromatic rings. The number of aryl methyl sites for hydroxylation is 1. The standard InChI is InChI=1S/C28H31N3O5S/c1-18(19-7-3-2-4-8-19)29-27(32)20-13-15-31(16-14-20)37(35,36)21-11-12-25-23(17-21)26(28(33)34)22-9-5-6-10-24(22)30-25/h2-4,7-8,11-12,17-18,20H,5-6,9-10,13-16H2,1H3,(H,29,32)(H,33,34)/t18-/m1/s1. The Morgan fingerprint density at radius 1 is 1.05 bits per heavy atom. The van der Waals surface area contributed by atoms with Crippen molar-refractivity contribution in [3.05, 3.63) is 70.9 Å². The predicted molar refractivity (Wildman–Crippen MR) is 140 cm³/mol. The van der Waals surface area contributed by atoms with Crippen LogP contribution in [0, 0.1) is 5.92 Å². The Kier molecular flexibility index (Phi) is 7.00. The molecule has 0 unspecified atom stereocenters. The largest absolute Gasteiger partial charge is 0.478 e. The third-order valence-corrected chi connectivity index (χ3v) is 9.46. The Morgan fingerprint density at radius 2 is 1.76 bits per heavy atom. The summed E-state index contributed by atoms with van der Waals surface area (Å²) in [4.78, 5) is 29.7. The Bertz CT molecular complexity index is 1450. The second kappa shape index (κ2) is 10.2. The topological polar surface area (TPSA) is 117 Å². The van der Waals surface area contributed by atoms with Gasteiger partial charge < -0.3 is 10.4 Å². The number of aromatic nitrogens is 1. The van der Waals surface area contributed by atoms with Crippen LogP contribution in [-0.4, -0.2) is 47.8 Å². The van der Waals surface area contributed by atoms with Crippen LogP contribution in [0.4, 0.5) is 0 Å². The van der Waals surface area contributed by atoms with Crippen molar-refractivity contribution in [2.45, 2.75) is 56.4 Å². The molecule has 8 nitrogen and oxygen atoms in total. The number of nitrogens with one attached hydrogen (secondary N) is 1. The minimum Gasteiger partial charge on any atom is -0.478 e. The van der Waals surface area contributed by atoms with Crippen LogP contribution in [0.1, 0.15) is 65.8 Å². The summed E-state index contributed by atoms with van der Waals surface area (Å²) in [5.74, 6) is -1.39. The van der Waals surface area contributed by atoms with E-state index in [4.69, 9.17) is 0 Å². The molecule has 1 atom stereocenters. The molecule has 2 heterocycles. The molecule has 0 spiro atoms. The molecule has 194 valence electrons. The van der Waals surface area contributed by atoms with E-state index in [1.807, 2.05) is 37.3 Å². The van der Waals surface area contributed by atoms with Crippen LogP contribution in [-0.2, 0) is 27.7 Å². The molecule has 5 rings (SSSR count). The van der Waals surface area contributed by atoms with E-state index in [1.165, 1.54) is 16.4 Å². The number of amides is 1. The van der Waals surface area contributed by atoms with Crippen molar-refractivity contribution in [3.63, 3.8) is 0 Å². The summed E-state index contributed by atoms with van der Waals surface area (Å²) < 4.78 is 28.4.